The molecule has 0 fully saturated rings. The monoisotopic (exact) mass is 305 g/mol. The van der Waals surface area contributed by atoms with Crippen LogP contribution in [0.2, 0.25) is 0 Å². The molecule has 1 amide bonds. The standard InChI is InChI=1S/C14H19N5OS/c1-14(2,3)21-10-13(20)15-9-12-16-17-18-19(12)11-7-5-4-6-8-11/h4-8H,9-10H2,1-3H3,(H,15,20). The first-order chi connectivity index (χ1) is 9.96. The number of nitrogens with zero attached hydrogens (tertiary/aromatic N) is 4. The molecule has 0 radical (unpaired) electrons. The third-order valence-electron chi connectivity index (χ3n) is 2.61. The molecule has 0 saturated carbocycles. The van der Waals surface area contributed by atoms with Crippen molar-refractivity contribution in [2.75, 3.05) is 5.75 Å². The molecule has 112 valence electrons. The van der Waals surface area contributed by atoms with E-state index in [-0.39, 0.29) is 10.7 Å². The minimum absolute atomic E-state index is 0.0162. The van der Waals surface area contributed by atoms with Gasteiger partial charge in [-0.3, -0.25) is 4.79 Å². The highest BCUT2D eigenvalue weighted by Gasteiger charge is 2.14. The van der Waals surface area contributed by atoms with Gasteiger partial charge in [-0.2, -0.15) is 4.68 Å². The zero-order chi connectivity index (χ0) is 15.3. The SMILES string of the molecule is CC(C)(C)SCC(=O)NCc1nnnn1-c1ccccc1. The van der Waals surface area contributed by atoms with E-state index in [2.05, 4.69) is 41.6 Å². The zero-order valence-corrected chi connectivity index (χ0v) is 13.2. The van der Waals surface area contributed by atoms with Gasteiger partial charge in [0.1, 0.15) is 0 Å². The van der Waals surface area contributed by atoms with Crippen molar-refractivity contribution in [2.24, 2.45) is 0 Å². The Bertz CT molecular complexity index is 591. The average molecular weight is 305 g/mol. The molecule has 0 aliphatic rings. The van der Waals surface area contributed by atoms with Crippen LogP contribution in [0.5, 0.6) is 0 Å². The molecule has 0 saturated heterocycles. The van der Waals surface area contributed by atoms with Crippen molar-refractivity contribution in [3.05, 3.63) is 36.2 Å². The Kier molecular flexibility index (Phi) is 4.95. The summed E-state index contributed by atoms with van der Waals surface area (Å²) < 4.78 is 1.69. The Morgan fingerprint density at radius 3 is 2.67 bits per heavy atom. The van der Waals surface area contributed by atoms with Crippen LogP contribution in [-0.2, 0) is 11.3 Å². The van der Waals surface area contributed by atoms with E-state index >= 15 is 0 Å². The molecule has 21 heavy (non-hydrogen) atoms. The molecule has 0 aliphatic heterocycles. The normalized spacial score (nSPS) is 11.4. The zero-order valence-electron chi connectivity index (χ0n) is 12.4. The lowest BCUT2D eigenvalue weighted by molar-refractivity contribution is -0.118. The van der Waals surface area contributed by atoms with Gasteiger partial charge in [0, 0.05) is 4.75 Å². The Morgan fingerprint density at radius 1 is 1.29 bits per heavy atom. The lowest BCUT2D eigenvalue weighted by Crippen LogP contribution is -2.28. The first-order valence-corrected chi connectivity index (χ1v) is 7.67. The third kappa shape index (κ3) is 4.86. The van der Waals surface area contributed by atoms with Crippen LogP contribution in [0.25, 0.3) is 5.69 Å². The maximum absolute atomic E-state index is 11.8. The third-order valence-corrected chi connectivity index (χ3v) is 3.89. The highest BCUT2D eigenvalue weighted by atomic mass is 32.2. The van der Waals surface area contributed by atoms with Crippen molar-refractivity contribution in [2.45, 2.75) is 32.1 Å². The molecule has 0 atom stereocenters. The lowest BCUT2D eigenvalue weighted by atomic mass is 10.3. The predicted molar refractivity (Wildman–Crippen MR) is 83.2 cm³/mol. The summed E-state index contributed by atoms with van der Waals surface area (Å²) in [5.41, 5.74) is 0.871. The Morgan fingerprint density at radius 2 is 2.00 bits per heavy atom. The summed E-state index contributed by atoms with van der Waals surface area (Å²) in [6, 6.07) is 9.59. The van der Waals surface area contributed by atoms with Gasteiger partial charge in [0.2, 0.25) is 5.91 Å². The summed E-state index contributed by atoms with van der Waals surface area (Å²) in [5, 5.41) is 14.4. The fourth-order valence-electron chi connectivity index (χ4n) is 1.60. The number of aromatic nitrogens is 4. The molecule has 0 aliphatic carbocycles. The van der Waals surface area contributed by atoms with E-state index in [0.29, 0.717) is 18.1 Å². The number of amides is 1. The van der Waals surface area contributed by atoms with Crippen LogP contribution >= 0.6 is 11.8 Å². The number of nitrogens with one attached hydrogen (secondary N) is 1. The first kappa shape index (κ1) is 15.5. The highest BCUT2D eigenvalue weighted by molar-refractivity contribution is 8.01. The molecule has 1 N–H and O–H groups in total. The Balaban J connectivity index is 1.93. The molecule has 0 bridgehead atoms. The molecular weight excluding hydrogens is 286 g/mol. The second kappa shape index (κ2) is 6.71. The summed E-state index contributed by atoms with van der Waals surface area (Å²) in [6.07, 6.45) is 0. The van der Waals surface area contributed by atoms with Gasteiger partial charge >= 0.3 is 0 Å². The topological polar surface area (TPSA) is 72.7 Å². The van der Waals surface area contributed by atoms with Gasteiger partial charge in [-0.25, -0.2) is 0 Å². The quantitative estimate of drug-likeness (QED) is 0.912. The molecule has 1 heterocycles. The van der Waals surface area contributed by atoms with Crippen LogP contribution in [0.15, 0.2) is 30.3 Å². The largest absolute Gasteiger partial charge is 0.348 e. The predicted octanol–water partition coefficient (Wildman–Crippen LogP) is 1.81. The Labute approximate surface area is 128 Å². The molecule has 1 aromatic heterocycles. The van der Waals surface area contributed by atoms with Crippen LogP contribution < -0.4 is 5.32 Å². The first-order valence-electron chi connectivity index (χ1n) is 6.69. The summed E-state index contributed by atoms with van der Waals surface area (Å²) >= 11 is 1.61. The second-order valence-electron chi connectivity index (χ2n) is 5.52. The van der Waals surface area contributed by atoms with Crippen molar-refractivity contribution < 1.29 is 4.79 Å². The van der Waals surface area contributed by atoms with Crippen LogP contribution in [0.4, 0.5) is 0 Å². The second-order valence-corrected chi connectivity index (χ2v) is 7.32. The minimum atomic E-state index is -0.0162. The fourth-order valence-corrected chi connectivity index (χ4v) is 2.26. The van der Waals surface area contributed by atoms with E-state index < -0.39 is 0 Å². The number of para-hydroxylation sites is 1. The van der Waals surface area contributed by atoms with E-state index in [0.717, 1.165) is 5.69 Å². The van der Waals surface area contributed by atoms with E-state index in [1.165, 1.54) is 0 Å². The molecular formula is C14H19N5OS. The molecule has 6 nitrogen and oxygen atoms in total. The smallest absolute Gasteiger partial charge is 0.230 e. The van der Waals surface area contributed by atoms with Crippen molar-refractivity contribution >= 4 is 17.7 Å². The van der Waals surface area contributed by atoms with E-state index in [1.54, 1.807) is 16.4 Å². The number of hydrogen-bond acceptors (Lipinski definition) is 5. The number of carbonyl (C=O) groups excluding carboxylic acids is 1. The molecule has 7 heteroatoms. The fraction of sp³-hybridized carbons (Fsp3) is 0.429. The van der Waals surface area contributed by atoms with Crippen LogP contribution in [0.1, 0.15) is 26.6 Å². The van der Waals surface area contributed by atoms with Gasteiger partial charge in [0.15, 0.2) is 5.82 Å². The number of thioether (sulfide) groups is 1. The van der Waals surface area contributed by atoms with Gasteiger partial charge in [-0.15, -0.1) is 16.9 Å². The lowest BCUT2D eigenvalue weighted by Gasteiger charge is -2.16. The Hall–Kier alpha value is -1.89. The highest BCUT2D eigenvalue weighted by Crippen LogP contribution is 2.22. The summed E-state index contributed by atoms with van der Waals surface area (Å²) in [5.74, 6) is 1.02. The van der Waals surface area contributed by atoms with Crippen molar-refractivity contribution in [1.82, 2.24) is 25.5 Å². The van der Waals surface area contributed by atoms with Gasteiger partial charge in [-0.1, -0.05) is 39.0 Å². The van der Waals surface area contributed by atoms with Crippen LogP contribution in [-0.4, -0.2) is 36.6 Å². The number of rotatable bonds is 5. The maximum atomic E-state index is 11.8. The van der Waals surface area contributed by atoms with Gasteiger partial charge in [-0.05, 0) is 22.6 Å². The maximum Gasteiger partial charge on any atom is 0.230 e. The van der Waals surface area contributed by atoms with Gasteiger partial charge < -0.3 is 5.32 Å². The molecule has 2 rings (SSSR count). The number of benzene rings is 1. The van der Waals surface area contributed by atoms with Crippen molar-refractivity contribution in [1.29, 1.82) is 0 Å². The number of tetrazole rings is 1. The molecule has 0 unspecified atom stereocenters. The molecule has 0 spiro atoms. The van der Waals surface area contributed by atoms with Crippen molar-refractivity contribution in [3.63, 3.8) is 0 Å². The van der Waals surface area contributed by atoms with E-state index in [1.807, 2.05) is 30.3 Å². The van der Waals surface area contributed by atoms with Crippen LogP contribution in [0.3, 0.4) is 0 Å². The van der Waals surface area contributed by atoms with Gasteiger partial charge in [0.05, 0.1) is 18.0 Å². The van der Waals surface area contributed by atoms with Crippen molar-refractivity contribution in [3.8, 4) is 5.69 Å². The minimum Gasteiger partial charge on any atom is -0.348 e. The summed E-state index contributed by atoms with van der Waals surface area (Å²) in [7, 11) is 0. The van der Waals surface area contributed by atoms with Gasteiger partial charge in [0.25, 0.3) is 0 Å². The average Bonchev–Trinajstić information content (AvgIpc) is 2.91. The molecule has 2 aromatic rings. The number of carbonyl (C=O) groups is 1. The molecule has 1 aromatic carbocycles. The number of hydrogen-bond donors (Lipinski definition) is 1. The summed E-state index contributed by atoms with van der Waals surface area (Å²) in [6.45, 7) is 6.56. The van der Waals surface area contributed by atoms with Crippen LogP contribution in [0, 0.1) is 0 Å². The van der Waals surface area contributed by atoms with E-state index in [9.17, 15) is 4.79 Å². The van der Waals surface area contributed by atoms with E-state index in [4.69, 9.17) is 0 Å². The summed E-state index contributed by atoms with van der Waals surface area (Å²) in [4.78, 5) is 11.8.